The molecule has 0 aromatic carbocycles. The van der Waals surface area contributed by atoms with Crippen LogP contribution in [-0.4, -0.2) is 27.9 Å². The zero-order valence-corrected chi connectivity index (χ0v) is 10.3. The van der Waals surface area contributed by atoms with Crippen molar-refractivity contribution in [1.29, 1.82) is 0 Å². The van der Waals surface area contributed by atoms with Crippen molar-refractivity contribution in [3.8, 4) is 5.88 Å². The third-order valence-corrected chi connectivity index (χ3v) is 2.47. The van der Waals surface area contributed by atoms with Crippen LogP contribution in [0.4, 0.5) is 5.69 Å². The van der Waals surface area contributed by atoms with Gasteiger partial charge in [0.05, 0.1) is 18.5 Å². The van der Waals surface area contributed by atoms with E-state index in [0.717, 1.165) is 12.2 Å². The molecule has 2 N–H and O–H groups in total. The molecule has 5 nitrogen and oxygen atoms in total. The third-order valence-electron chi connectivity index (χ3n) is 2.47. The van der Waals surface area contributed by atoms with E-state index in [1.165, 1.54) is 5.56 Å². The van der Waals surface area contributed by atoms with Gasteiger partial charge in [-0.2, -0.15) is 0 Å². The molecule has 0 spiro atoms. The highest BCUT2D eigenvalue weighted by Crippen LogP contribution is 2.12. The highest BCUT2D eigenvalue weighted by molar-refractivity contribution is 5.42. The number of aliphatic hydroxyl groups excluding tert-OH is 1. The Morgan fingerprint density at radius 2 is 2.28 bits per heavy atom. The normalized spacial score (nSPS) is 10.3. The maximum atomic E-state index is 8.63. The molecular weight excluding hydrogens is 230 g/mol. The van der Waals surface area contributed by atoms with Crippen LogP contribution < -0.4 is 10.1 Å². The van der Waals surface area contributed by atoms with Crippen LogP contribution in [0, 0.1) is 0 Å². The first kappa shape index (κ1) is 12.4. The quantitative estimate of drug-likeness (QED) is 0.810. The van der Waals surface area contributed by atoms with E-state index in [2.05, 4.69) is 22.6 Å². The lowest BCUT2D eigenvalue weighted by Crippen LogP contribution is -2.03. The number of nitrogens with zero attached hydrogens (tertiary/aromatic N) is 2. The molecule has 0 atom stereocenters. The second-order valence-electron chi connectivity index (χ2n) is 4.00. The predicted molar refractivity (Wildman–Crippen MR) is 69.6 cm³/mol. The van der Waals surface area contributed by atoms with Gasteiger partial charge in [0.15, 0.2) is 0 Å². The number of aryl methyl sites for hydroxylation is 1. The molecular formula is C13H17N3O2. The Morgan fingerprint density at radius 1 is 1.39 bits per heavy atom. The molecule has 2 rings (SSSR count). The summed E-state index contributed by atoms with van der Waals surface area (Å²) in [6, 6.07) is 5.75. The fourth-order valence-corrected chi connectivity index (χ4v) is 1.59. The Labute approximate surface area is 106 Å². The first-order chi connectivity index (χ1) is 8.78. The highest BCUT2D eigenvalue weighted by atomic mass is 16.5. The number of pyridine rings is 1. The third kappa shape index (κ3) is 3.49. The summed E-state index contributed by atoms with van der Waals surface area (Å²) in [5.41, 5.74) is 2.16. The van der Waals surface area contributed by atoms with Gasteiger partial charge in [0.25, 0.3) is 0 Å². The molecule has 0 unspecified atom stereocenters. The SMILES string of the molecule is Cn1ccc(CNc2ccc(OCCO)nc2)c1. The standard InChI is InChI=1S/C13H17N3O2/c1-16-5-4-11(10-16)8-14-12-2-3-13(15-9-12)18-7-6-17/h2-5,9-10,14,17H,6-8H2,1H3. The molecule has 2 aromatic rings. The topological polar surface area (TPSA) is 59.3 Å². The van der Waals surface area contributed by atoms with E-state index in [-0.39, 0.29) is 13.2 Å². The number of anilines is 1. The molecule has 0 radical (unpaired) electrons. The van der Waals surface area contributed by atoms with Gasteiger partial charge in [0.2, 0.25) is 5.88 Å². The van der Waals surface area contributed by atoms with Crippen LogP contribution in [0.2, 0.25) is 0 Å². The highest BCUT2D eigenvalue weighted by Gasteiger charge is 1.98. The average Bonchev–Trinajstić information content (AvgIpc) is 2.81. The van der Waals surface area contributed by atoms with E-state index in [4.69, 9.17) is 9.84 Å². The summed E-state index contributed by atoms with van der Waals surface area (Å²) < 4.78 is 7.20. The first-order valence-electron chi connectivity index (χ1n) is 5.82. The lowest BCUT2D eigenvalue weighted by atomic mass is 10.3. The molecule has 96 valence electrons. The maximum Gasteiger partial charge on any atom is 0.213 e. The number of ether oxygens (including phenoxy) is 1. The summed E-state index contributed by atoms with van der Waals surface area (Å²) in [6.07, 6.45) is 5.80. The lowest BCUT2D eigenvalue weighted by molar-refractivity contribution is 0.196. The van der Waals surface area contributed by atoms with Gasteiger partial charge < -0.3 is 19.7 Å². The van der Waals surface area contributed by atoms with Crippen LogP contribution in [-0.2, 0) is 13.6 Å². The fraction of sp³-hybridized carbons (Fsp3) is 0.308. The molecule has 0 saturated carbocycles. The van der Waals surface area contributed by atoms with Crippen molar-refractivity contribution in [2.75, 3.05) is 18.5 Å². The Balaban J connectivity index is 1.86. The molecule has 2 heterocycles. The molecule has 0 saturated heterocycles. The number of rotatable bonds is 6. The van der Waals surface area contributed by atoms with Crippen molar-refractivity contribution < 1.29 is 9.84 Å². The number of aliphatic hydroxyl groups is 1. The van der Waals surface area contributed by atoms with Crippen molar-refractivity contribution >= 4 is 5.69 Å². The zero-order valence-electron chi connectivity index (χ0n) is 10.3. The van der Waals surface area contributed by atoms with Gasteiger partial charge in [0, 0.05) is 32.1 Å². The Hall–Kier alpha value is -2.01. The van der Waals surface area contributed by atoms with Crippen molar-refractivity contribution in [1.82, 2.24) is 9.55 Å². The molecule has 0 amide bonds. The van der Waals surface area contributed by atoms with Crippen LogP contribution >= 0.6 is 0 Å². The minimum atomic E-state index is -0.00428. The summed E-state index contributed by atoms with van der Waals surface area (Å²) >= 11 is 0. The van der Waals surface area contributed by atoms with E-state index in [0.29, 0.717) is 5.88 Å². The van der Waals surface area contributed by atoms with Gasteiger partial charge in [-0.3, -0.25) is 0 Å². The molecule has 0 bridgehead atoms. The van der Waals surface area contributed by atoms with Crippen LogP contribution in [0.25, 0.3) is 0 Å². The Kier molecular flexibility index (Phi) is 4.20. The smallest absolute Gasteiger partial charge is 0.213 e. The molecule has 0 aliphatic heterocycles. The molecule has 0 aliphatic carbocycles. The first-order valence-corrected chi connectivity index (χ1v) is 5.82. The van der Waals surface area contributed by atoms with Gasteiger partial charge in [-0.15, -0.1) is 0 Å². The minimum absolute atomic E-state index is 0.00428. The van der Waals surface area contributed by atoms with Gasteiger partial charge >= 0.3 is 0 Å². The summed E-state index contributed by atoms with van der Waals surface area (Å²) in [7, 11) is 2.00. The summed E-state index contributed by atoms with van der Waals surface area (Å²) in [4.78, 5) is 4.13. The van der Waals surface area contributed by atoms with Crippen LogP contribution in [0.15, 0.2) is 36.8 Å². The maximum absolute atomic E-state index is 8.63. The number of nitrogens with one attached hydrogen (secondary N) is 1. The van der Waals surface area contributed by atoms with E-state index in [9.17, 15) is 0 Å². The summed E-state index contributed by atoms with van der Waals surface area (Å²) in [6.45, 7) is 1.03. The monoisotopic (exact) mass is 247 g/mol. The van der Waals surface area contributed by atoms with Gasteiger partial charge in [-0.05, 0) is 17.7 Å². The molecule has 2 aromatic heterocycles. The van der Waals surface area contributed by atoms with Crippen molar-refractivity contribution in [3.05, 3.63) is 42.4 Å². The van der Waals surface area contributed by atoms with Gasteiger partial charge in [-0.1, -0.05) is 0 Å². The van der Waals surface area contributed by atoms with E-state index in [1.807, 2.05) is 23.9 Å². The van der Waals surface area contributed by atoms with Crippen LogP contribution in [0.1, 0.15) is 5.56 Å². The molecule has 0 aliphatic rings. The number of aromatic nitrogens is 2. The average molecular weight is 247 g/mol. The predicted octanol–water partition coefficient (Wildman–Crippen LogP) is 1.40. The fourth-order valence-electron chi connectivity index (χ4n) is 1.59. The van der Waals surface area contributed by atoms with Gasteiger partial charge in [0.1, 0.15) is 6.61 Å². The molecule has 18 heavy (non-hydrogen) atoms. The molecule has 5 heteroatoms. The van der Waals surface area contributed by atoms with E-state index in [1.54, 1.807) is 12.3 Å². The lowest BCUT2D eigenvalue weighted by Gasteiger charge is -2.06. The van der Waals surface area contributed by atoms with Crippen LogP contribution in [0.5, 0.6) is 5.88 Å². The summed E-state index contributed by atoms with van der Waals surface area (Å²) in [5.74, 6) is 0.523. The largest absolute Gasteiger partial charge is 0.475 e. The Morgan fingerprint density at radius 3 is 2.89 bits per heavy atom. The van der Waals surface area contributed by atoms with Crippen molar-refractivity contribution in [2.24, 2.45) is 7.05 Å². The number of hydrogen-bond acceptors (Lipinski definition) is 4. The van der Waals surface area contributed by atoms with Gasteiger partial charge in [-0.25, -0.2) is 4.98 Å². The summed E-state index contributed by atoms with van der Waals surface area (Å²) in [5, 5.41) is 11.9. The van der Waals surface area contributed by atoms with Crippen molar-refractivity contribution in [2.45, 2.75) is 6.54 Å². The number of hydrogen-bond donors (Lipinski definition) is 2. The zero-order chi connectivity index (χ0) is 12.8. The minimum Gasteiger partial charge on any atom is -0.475 e. The molecule has 0 fully saturated rings. The van der Waals surface area contributed by atoms with Crippen LogP contribution in [0.3, 0.4) is 0 Å². The van der Waals surface area contributed by atoms with E-state index >= 15 is 0 Å². The second-order valence-corrected chi connectivity index (χ2v) is 4.00. The second kappa shape index (κ2) is 6.07. The van der Waals surface area contributed by atoms with Crippen molar-refractivity contribution in [3.63, 3.8) is 0 Å². The Bertz CT molecular complexity index is 479. The van der Waals surface area contributed by atoms with E-state index < -0.39 is 0 Å².